The average molecular weight is 351 g/mol. The monoisotopic (exact) mass is 350 g/mol. The fourth-order valence-electron chi connectivity index (χ4n) is 3.73. The second-order valence-corrected chi connectivity index (χ2v) is 7.96. The molecule has 0 spiro atoms. The number of hydrogen-bond donors (Lipinski definition) is 0. The van der Waals surface area contributed by atoms with Gasteiger partial charge in [-0.1, -0.05) is 19.0 Å². The normalized spacial score (nSPS) is 22.2. The minimum Gasteiger partial charge on any atom is -0.360 e. The molecule has 142 valence electrons. The lowest BCUT2D eigenvalue weighted by Gasteiger charge is -2.44. The Kier molecular flexibility index (Phi) is 6.63. The Morgan fingerprint density at radius 3 is 2.40 bits per heavy atom. The number of aryl methyl sites for hydroxylation is 1. The van der Waals surface area contributed by atoms with E-state index < -0.39 is 0 Å². The van der Waals surface area contributed by atoms with E-state index in [4.69, 9.17) is 4.52 Å². The van der Waals surface area contributed by atoms with Gasteiger partial charge in [0.2, 0.25) is 0 Å². The molecule has 2 unspecified atom stereocenters. The number of amides is 1. The van der Waals surface area contributed by atoms with Crippen LogP contribution in [0.1, 0.15) is 61.8 Å². The van der Waals surface area contributed by atoms with E-state index in [1.165, 1.54) is 0 Å². The molecule has 1 aromatic rings. The van der Waals surface area contributed by atoms with E-state index in [1.54, 1.807) is 0 Å². The van der Waals surface area contributed by atoms with Crippen LogP contribution in [0.5, 0.6) is 0 Å². The number of nitrogens with zero attached hydrogens (tertiary/aromatic N) is 4. The van der Waals surface area contributed by atoms with Crippen molar-refractivity contribution in [1.82, 2.24) is 19.9 Å². The maximum absolute atomic E-state index is 13.1. The molecule has 1 aromatic heterocycles. The molecular formula is C19H34N4O2. The molecule has 1 aliphatic heterocycles. The molecular weight excluding hydrogens is 316 g/mol. The molecule has 1 fully saturated rings. The first-order chi connectivity index (χ1) is 11.7. The summed E-state index contributed by atoms with van der Waals surface area (Å²) in [5.41, 5.74) is 1.36. The standard InChI is InChI=1S/C19H34N4O2/c1-13(2)18-17(16(5)20-25-18)19(24)22-11-14(3)23(15(4)12-22)10-8-9-21(6)7/h13-15H,8-12H2,1-7H3. The van der Waals surface area contributed by atoms with Gasteiger partial charge in [0.25, 0.3) is 5.91 Å². The summed E-state index contributed by atoms with van der Waals surface area (Å²) >= 11 is 0. The number of hydrogen-bond acceptors (Lipinski definition) is 5. The molecule has 1 aliphatic rings. The van der Waals surface area contributed by atoms with Gasteiger partial charge in [0.1, 0.15) is 5.56 Å². The van der Waals surface area contributed by atoms with Crippen molar-refractivity contribution in [3.05, 3.63) is 17.0 Å². The minimum atomic E-state index is 0.0640. The molecule has 1 amide bonds. The third kappa shape index (κ3) is 4.61. The summed E-state index contributed by atoms with van der Waals surface area (Å²) in [5, 5.41) is 4.03. The van der Waals surface area contributed by atoms with Gasteiger partial charge in [-0.05, 0) is 47.8 Å². The van der Waals surface area contributed by atoms with E-state index in [2.05, 4.69) is 42.9 Å². The zero-order valence-electron chi connectivity index (χ0n) is 16.9. The zero-order valence-corrected chi connectivity index (χ0v) is 16.9. The smallest absolute Gasteiger partial charge is 0.259 e. The lowest BCUT2D eigenvalue weighted by atomic mass is 10.0. The summed E-state index contributed by atoms with van der Waals surface area (Å²) in [5.74, 6) is 0.924. The summed E-state index contributed by atoms with van der Waals surface area (Å²) in [6, 6.07) is 0.718. The van der Waals surface area contributed by atoms with Gasteiger partial charge in [0.05, 0.1) is 5.69 Å². The predicted molar refractivity (Wildman–Crippen MR) is 100 cm³/mol. The maximum atomic E-state index is 13.1. The van der Waals surface area contributed by atoms with Gasteiger partial charge < -0.3 is 14.3 Å². The SMILES string of the molecule is Cc1noc(C(C)C)c1C(=O)N1CC(C)N(CCCN(C)C)C(C)C1. The molecule has 2 atom stereocenters. The van der Waals surface area contributed by atoms with Gasteiger partial charge in [0, 0.05) is 37.6 Å². The van der Waals surface area contributed by atoms with Crippen LogP contribution in [0.15, 0.2) is 4.52 Å². The maximum Gasteiger partial charge on any atom is 0.259 e. The lowest BCUT2D eigenvalue weighted by molar-refractivity contribution is 0.0293. The van der Waals surface area contributed by atoms with E-state index in [9.17, 15) is 4.79 Å². The van der Waals surface area contributed by atoms with Crippen LogP contribution in [0, 0.1) is 6.92 Å². The van der Waals surface area contributed by atoms with Crippen LogP contribution in [0.2, 0.25) is 0 Å². The molecule has 0 bridgehead atoms. The van der Waals surface area contributed by atoms with Gasteiger partial charge >= 0.3 is 0 Å². The van der Waals surface area contributed by atoms with Crippen LogP contribution in [0.4, 0.5) is 0 Å². The zero-order chi connectivity index (χ0) is 18.7. The second kappa shape index (κ2) is 8.32. The summed E-state index contributed by atoms with van der Waals surface area (Å²) < 4.78 is 5.41. The molecule has 0 radical (unpaired) electrons. The number of piperazine rings is 1. The van der Waals surface area contributed by atoms with Crippen molar-refractivity contribution in [3.63, 3.8) is 0 Å². The first kappa shape index (κ1) is 19.9. The number of carbonyl (C=O) groups excluding carboxylic acids is 1. The second-order valence-electron chi connectivity index (χ2n) is 7.96. The molecule has 0 aliphatic carbocycles. The van der Waals surface area contributed by atoms with Crippen molar-refractivity contribution in [2.75, 3.05) is 40.3 Å². The number of carbonyl (C=O) groups is 1. The summed E-state index contributed by atoms with van der Waals surface area (Å²) in [7, 11) is 4.22. The minimum absolute atomic E-state index is 0.0640. The fraction of sp³-hybridized carbons (Fsp3) is 0.789. The van der Waals surface area contributed by atoms with Crippen molar-refractivity contribution in [2.45, 2.75) is 59.0 Å². The molecule has 1 saturated heterocycles. The predicted octanol–water partition coefficient (Wildman–Crippen LogP) is 2.59. The molecule has 6 heteroatoms. The summed E-state index contributed by atoms with van der Waals surface area (Å²) in [6.45, 7) is 14.0. The Bertz CT molecular complexity index is 570. The summed E-state index contributed by atoms with van der Waals surface area (Å²) in [4.78, 5) is 19.8. The molecule has 2 rings (SSSR count). The van der Waals surface area contributed by atoms with Gasteiger partial charge in [-0.15, -0.1) is 0 Å². The Balaban J connectivity index is 2.06. The van der Waals surface area contributed by atoms with Crippen molar-refractivity contribution in [1.29, 1.82) is 0 Å². The Morgan fingerprint density at radius 1 is 1.28 bits per heavy atom. The molecule has 0 N–H and O–H groups in total. The molecule has 0 saturated carbocycles. The van der Waals surface area contributed by atoms with E-state index in [-0.39, 0.29) is 11.8 Å². The van der Waals surface area contributed by atoms with Crippen LogP contribution >= 0.6 is 0 Å². The van der Waals surface area contributed by atoms with Crippen LogP contribution < -0.4 is 0 Å². The highest BCUT2D eigenvalue weighted by molar-refractivity contribution is 5.96. The lowest BCUT2D eigenvalue weighted by Crippen LogP contribution is -2.58. The number of aromatic nitrogens is 1. The first-order valence-electron chi connectivity index (χ1n) is 9.38. The molecule has 2 heterocycles. The van der Waals surface area contributed by atoms with Gasteiger partial charge in [-0.25, -0.2) is 0 Å². The van der Waals surface area contributed by atoms with Crippen molar-refractivity contribution < 1.29 is 9.32 Å². The van der Waals surface area contributed by atoms with Crippen molar-refractivity contribution in [2.24, 2.45) is 0 Å². The van der Waals surface area contributed by atoms with E-state index in [0.717, 1.165) is 32.6 Å². The number of rotatable bonds is 6. The third-order valence-corrected chi connectivity index (χ3v) is 5.04. The van der Waals surface area contributed by atoms with Gasteiger partial charge in [-0.3, -0.25) is 9.69 Å². The van der Waals surface area contributed by atoms with Gasteiger partial charge in [-0.2, -0.15) is 0 Å². The van der Waals surface area contributed by atoms with Crippen LogP contribution in [0.3, 0.4) is 0 Å². The Labute approximate surface area is 152 Å². The van der Waals surface area contributed by atoms with E-state index in [1.807, 2.05) is 25.7 Å². The van der Waals surface area contributed by atoms with Crippen LogP contribution in [-0.4, -0.2) is 78.1 Å². The Morgan fingerprint density at radius 2 is 1.88 bits per heavy atom. The molecule has 25 heavy (non-hydrogen) atoms. The molecule has 0 aromatic carbocycles. The highest BCUT2D eigenvalue weighted by Crippen LogP contribution is 2.26. The van der Waals surface area contributed by atoms with E-state index in [0.29, 0.717) is 29.1 Å². The topological polar surface area (TPSA) is 52.8 Å². The van der Waals surface area contributed by atoms with Crippen molar-refractivity contribution in [3.8, 4) is 0 Å². The first-order valence-corrected chi connectivity index (χ1v) is 9.38. The third-order valence-electron chi connectivity index (χ3n) is 5.04. The Hall–Kier alpha value is -1.40. The fourth-order valence-corrected chi connectivity index (χ4v) is 3.73. The highest BCUT2D eigenvalue weighted by atomic mass is 16.5. The summed E-state index contributed by atoms with van der Waals surface area (Å²) in [6.07, 6.45) is 1.15. The average Bonchev–Trinajstić information content (AvgIpc) is 2.90. The van der Waals surface area contributed by atoms with Crippen LogP contribution in [0.25, 0.3) is 0 Å². The van der Waals surface area contributed by atoms with Gasteiger partial charge in [0.15, 0.2) is 5.76 Å². The van der Waals surface area contributed by atoms with Crippen LogP contribution in [-0.2, 0) is 0 Å². The quantitative estimate of drug-likeness (QED) is 0.789. The highest BCUT2D eigenvalue weighted by Gasteiger charge is 2.34. The van der Waals surface area contributed by atoms with Crippen molar-refractivity contribution >= 4 is 5.91 Å². The molecule has 6 nitrogen and oxygen atoms in total. The van der Waals surface area contributed by atoms with E-state index >= 15 is 0 Å². The largest absolute Gasteiger partial charge is 0.360 e.